The minimum absolute atomic E-state index is 0.00458. The molecule has 0 atom stereocenters. The number of rotatable bonds is 1. The molecular weight excluding hydrogens is 218 g/mol. The van der Waals surface area contributed by atoms with Crippen molar-refractivity contribution in [3.05, 3.63) is 35.2 Å². The first kappa shape index (κ1) is 11.1. The van der Waals surface area contributed by atoms with Crippen molar-refractivity contribution < 1.29 is 4.79 Å². The maximum atomic E-state index is 12.0. The third-order valence-electron chi connectivity index (χ3n) is 2.21. The highest BCUT2D eigenvalue weighted by Crippen LogP contribution is 2.25. The van der Waals surface area contributed by atoms with E-state index in [2.05, 4.69) is 5.32 Å². The Morgan fingerprint density at radius 1 is 1.25 bits per heavy atom. The summed E-state index contributed by atoms with van der Waals surface area (Å²) in [7, 11) is 0. The highest BCUT2D eigenvalue weighted by Gasteiger charge is 2.17. The zero-order valence-electron chi connectivity index (χ0n) is 9.70. The lowest BCUT2D eigenvalue weighted by Crippen LogP contribution is -2.40. The third kappa shape index (κ3) is 2.25. The Bertz CT molecular complexity index is 522. The number of fused-ring (bicyclic) bond motifs is 1. The molecule has 0 fully saturated rings. The molecule has 0 aliphatic heterocycles. The average molecular weight is 233 g/mol. The number of hydrogen-bond donors (Lipinski definition) is 1. The Labute approximate surface area is 99.3 Å². The number of carbonyl (C=O) groups is 1. The molecule has 0 saturated heterocycles. The predicted octanol–water partition coefficient (Wildman–Crippen LogP) is 3.43. The van der Waals surface area contributed by atoms with Crippen LogP contribution in [0.1, 0.15) is 31.1 Å². The Morgan fingerprint density at radius 2 is 1.94 bits per heavy atom. The SMILES string of the molecule is CC(C)(C)NC(=O)c1csc2ccccc12. The van der Waals surface area contributed by atoms with Crippen LogP contribution in [0, 0.1) is 0 Å². The van der Waals surface area contributed by atoms with E-state index in [0.29, 0.717) is 0 Å². The maximum Gasteiger partial charge on any atom is 0.253 e. The lowest BCUT2D eigenvalue weighted by molar-refractivity contribution is 0.0921. The molecule has 0 radical (unpaired) electrons. The lowest BCUT2D eigenvalue weighted by atomic mass is 10.1. The zero-order valence-corrected chi connectivity index (χ0v) is 10.5. The van der Waals surface area contributed by atoms with Crippen LogP contribution in [0.25, 0.3) is 10.1 Å². The second kappa shape index (κ2) is 3.91. The molecule has 2 nitrogen and oxygen atoms in total. The van der Waals surface area contributed by atoms with Crippen LogP contribution in [0.15, 0.2) is 29.6 Å². The minimum atomic E-state index is -0.194. The quantitative estimate of drug-likeness (QED) is 0.803. The van der Waals surface area contributed by atoms with Gasteiger partial charge in [0.25, 0.3) is 5.91 Å². The molecule has 0 saturated carbocycles. The van der Waals surface area contributed by atoms with E-state index in [1.54, 1.807) is 11.3 Å². The third-order valence-corrected chi connectivity index (χ3v) is 3.18. The fourth-order valence-corrected chi connectivity index (χ4v) is 2.50. The molecule has 3 heteroatoms. The van der Waals surface area contributed by atoms with Gasteiger partial charge in [0.15, 0.2) is 0 Å². The van der Waals surface area contributed by atoms with E-state index in [1.165, 1.54) is 0 Å². The van der Waals surface area contributed by atoms with E-state index >= 15 is 0 Å². The molecule has 84 valence electrons. The predicted molar refractivity (Wildman–Crippen MR) is 69.0 cm³/mol. The summed E-state index contributed by atoms with van der Waals surface area (Å²) in [4.78, 5) is 12.0. The summed E-state index contributed by atoms with van der Waals surface area (Å²) >= 11 is 1.61. The molecule has 1 amide bonds. The summed E-state index contributed by atoms with van der Waals surface area (Å²) in [5.41, 5.74) is 0.579. The summed E-state index contributed by atoms with van der Waals surface area (Å²) in [5.74, 6) is 0.00458. The first-order valence-electron chi connectivity index (χ1n) is 5.26. The smallest absolute Gasteiger partial charge is 0.253 e. The normalized spacial score (nSPS) is 11.7. The van der Waals surface area contributed by atoms with Crippen molar-refractivity contribution >= 4 is 27.3 Å². The molecule has 2 rings (SSSR count). The van der Waals surface area contributed by atoms with Gasteiger partial charge in [-0.15, -0.1) is 11.3 Å². The number of hydrogen-bond acceptors (Lipinski definition) is 2. The van der Waals surface area contributed by atoms with Crippen LogP contribution in [0.5, 0.6) is 0 Å². The number of carbonyl (C=O) groups excluding carboxylic acids is 1. The van der Waals surface area contributed by atoms with Gasteiger partial charge in [-0.2, -0.15) is 0 Å². The van der Waals surface area contributed by atoms with E-state index in [9.17, 15) is 4.79 Å². The summed E-state index contributed by atoms with van der Waals surface area (Å²) in [5, 5.41) is 5.94. The Morgan fingerprint density at radius 3 is 2.62 bits per heavy atom. The highest BCUT2D eigenvalue weighted by atomic mass is 32.1. The van der Waals surface area contributed by atoms with Crippen LogP contribution in [0.3, 0.4) is 0 Å². The Kier molecular flexibility index (Phi) is 2.72. The van der Waals surface area contributed by atoms with E-state index in [0.717, 1.165) is 15.6 Å². The van der Waals surface area contributed by atoms with Crippen LogP contribution in [-0.4, -0.2) is 11.4 Å². The molecule has 0 aliphatic rings. The zero-order chi connectivity index (χ0) is 11.8. The number of thiophene rings is 1. The molecule has 0 aliphatic carbocycles. The first-order chi connectivity index (χ1) is 7.47. The number of amides is 1. The molecule has 1 aromatic carbocycles. The monoisotopic (exact) mass is 233 g/mol. The van der Waals surface area contributed by atoms with Gasteiger partial charge in [-0.1, -0.05) is 18.2 Å². The van der Waals surface area contributed by atoms with Gasteiger partial charge >= 0.3 is 0 Å². The number of nitrogens with one attached hydrogen (secondary N) is 1. The summed E-state index contributed by atoms with van der Waals surface area (Å²) in [6.07, 6.45) is 0. The van der Waals surface area contributed by atoms with Gasteiger partial charge in [-0.25, -0.2) is 0 Å². The van der Waals surface area contributed by atoms with Crippen LogP contribution in [-0.2, 0) is 0 Å². The molecule has 0 bridgehead atoms. The summed E-state index contributed by atoms with van der Waals surface area (Å²) in [6.45, 7) is 5.96. The topological polar surface area (TPSA) is 29.1 Å². The molecule has 0 unspecified atom stereocenters. The second-order valence-electron chi connectivity index (χ2n) is 4.85. The van der Waals surface area contributed by atoms with E-state index in [4.69, 9.17) is 0 Å². The largest absolute Gasteiger partial charge is 0.347 e. The van der Waals surface area contributed by atoms with Crippen molar-refractivity contribution in [3.63, 3.8) is 0 Å². The highest BCUT2D eigenvalue weighted by molar-refractivity contribution is 7.17. The molecule has 1 N–H and O–H groups in total. The van der Waals surface area contributed by atoms with Crippen molar-refractivity contribution in [1.82, 2.24) is 5.32 Å². The Hall–Kier alpha value is -1.35. The van der Waals surface area contributed by atoms with Crippen molar-refractivity contribution in [2.24, 2.45) is 0 Å². The molecule has 0 spiro atoms. The fourth-order valence-electron chi connectivity index (χ4n) is 1.56. The van der Waals surface area contributed by atoms with Crippen LogP contribution < -0.4 is 5.32 Å². The van der Waals surface area contributed by atoms with Gasteiger partial charge in [-0.05, 0) is 26.8 Å². The van der Waals surface area contributed by atoms with Crippen molar-refractivity contribution in [2.45, 2.75) is 26.3 Å². The van der Waals surface area contributed by atoms with Gasteiger partial charge in [0.1, 0.15) is 0 Å². The number of benzene rings is 1. The van der Waals surface area contributed by atoms with E-state index < -0.39 is 0 Å². The van der Waals surface area contributed by atoms with Crippen LogP contribution >= 0.6 is 11.3 Å². The first-order valence-corrected chi connectivity index (χ1v) is 6.14. The van der Waals surface area contributed by atoms with Crippen molar-refractivity contribution in [2.75, 3.05) is 0 Å². The van der Waals surface area contributed by atoms with Gasteiger partial charge < -0.3 is 5.32 Å². The fraction of sp³-hybridized carbons (Fsp3) is 0.308. The minimum Gasteiger partial charge on any atom is -0.347 e. The lowest BCUT2D eigenvalue weighted by Gasteiger charge is -2.20. The van der Waals surface area contributed by atoms with Gasteiger partial charge in [0, 0.05) is 21.0 Å². The molecular formula is C13H15NOS. The average Bonchev–Trinajstić information content (AvgIpc) is 2.58. The summed E-state index contributed by atoms with van der Waals surface area (Å²) < 4.78 is 1.15. The molecule has 2 aromatic rings. The van der Waals surface area contributed by atoms with Crippen LogP contribution in [0.4, 0.5) is 0 Å². The molecule has 1 heterocycles. The maximum absolute atomic E-state index is 12.0. The molecule has 16 heavy (non-hydrogen) atoms. The van der Waals surface area contributed by atoms with Gasteiger partial charge in [0.2, 0.25) is 0 Å². The van der Waals surface area contributed by atoms with Crippen molar-refractivity contribution in [3.8, 4) is 0 Å². The second-order valence-corrected chi connectivity index (χ2v) is 5.76. The summed E-state index contributed by atoms with van der Waals surface area (Å²) in [6, 6.07) is 7.98. The van der Waals surface area contributed by atoms with Crippen molar-refractivity contribution in [1.29, 1.82) is 0 Å². The molecule has 1 aromatic heterocycles. The Balaban J connectivity index is 2.37. The van der Waals surface area contributed by atoms with Gasteiger partial charge in [0.05, 0.1) is 5.56 Å². The van der Waals surface area contributed by atoms with Crippen LogP contribution in [0.2, 0.25) is 0 Å². The standard InChI is InChI=1S/C13H15NOS/c1-13(2,3)14-12(15)10-8-16-11-7-5-4-6-9(10)11/h4-8H,1-3H3,(H,14,15). The van der Waals surface area contributed by atoms with E-state index in [1.807, 2.05) is 50.4 Å². The van der Waals surface area contributed by atoms with E-state index in [-0.39, 0.29) is 11.4 Å². The van der Waals surface area contributed by atoms with Gasteiger partial charge in [-0.3, -0.25) is 4.79 Å².